The Labute approximate surface area is 161 Å². The minimum Gasteiger partial charge on any atom is -0.322 e. The van der Waals surface area contributed by atoms with E-state index in [0.717, 1.165) is 43.8 Å². The zero-order valence-electron chi connectivity index (χ0n) is 15.4. The number of piperidine rings is 1. The van der Waals surface area contributed by atoms with Gasteiger partial charge in [0.05, 0.1) is 0 Å². The Balaban J connectivity index is 1.21. The van der Waals surface area contributed by atoms with Crippen LogP contribution in [-0.2, 0) is 0 Å². The van der Waals surface area contributed by atoms with Crippen molar-refractivity contribution in [3.63, 3.8) is 0 Å². The van der Waals surface area contributed by atoms with E-state index in [4.69, 9.17) is 11.6 Å². The average Bonchev–Trinajstić information content (AvgIpc) is 3.50. The van der Waals surface area contributed by atoms with Crippen LogP contribution in [0.2, 0.25) is 5.02 Å². The zero-order valence-corrected chi connectivity index (χ0v) is 16.1. The maximum Gasteiger partial charge on any atom is 0.321 e. The molecule has 1 atom stereocenters. The van der Waals surface area contributed by atoms with E-state index in [1.807, 2.05) is 17.0 Å². The number of carbonyl (C=O) groups is 1. The van der Waals surface area contributed by atoms with Gasteiger partial charge in [-0.05, 0) is 62.4 Å². The molecule has 5 nitrogen and oxygen atoms in total. The van der Waals surface area contributed by atoms with E-state index in [2.05, 4.69) is 15.1 Å². The van der Waals surface area contributed by atoms with Gasteiger partial charge < -0.3 is 15.1 Å². The van der Waals surface area contributed by atoms with Gasteiger partial charge in [-0.15, -0.1) is 0 Å². The molecule has 1 aromatic carbocycles. The van der Waals surface area contributed by atoms with Gasteiger partial charge in [-0.3, -0.25) is 4.90 Å². The predicted molar refractivity (Wildman–Crippen MR) is 106 cm³/mol. The van der Waals surface area contributed by atoms with Crippen molar-refractivity contribution in [1.82, 2.24) is 14.7 Å². The van der Waals surface area contributed by atoms with Crippen LogP contribution in [0.5, 0.6) is 0 Å². The molecule has 6 heteroatoms. The summed E-state index contributed by atoms with van der Waals surface area (Å²) in [6.45, 7) is 7.34. The van der Waals surface area contributed by atoms with Gasteiger partial charge in [-0.25, -0.2) is 4.79 Å². The van der Waals surface area contributed by atoms with Crippen molar-refractivity contribution < 1.29 is 4.79 Å². The van der Waals surface area contributed by atoms with Crippen molar-refractivity contribution in [3.05, 3.63) is 29.3 Å². The van der Waals surface area contributed by atoms with Crippen LogP contribution < -0.4 is 5.32 Å². The Bertz CT molecular complexity index is 611. The average molecular weight is 377 g/mol. The fourth-order valence-electron chi connectivity index (χ4n) is 4.25. The van der Waals surface area contributed by atoms with Crippen molar-refractivity contribution in [2.45, 2.75) is 31.7 Å². The molecule has 1 unspecified atom stereocenters. The number of hydrogen-bond acceptors (Lipinski definition) is 3. The normalized spacial score (nSPS) is 25.3. The minimum atomic E-state index is -0.00968. The number of anilines is 1. The SMILES string of the molecule is O=C(Nc1ccc(Cl)cc1)N1CCN(CC2CCCN(C3CC3)C2)CC1. The van der Waals surface area contributed by atoms with Gasteiger partial charge in [0.25, 0.3) is 0 Å². The molecule has 2 amide bonds. The standard InChI is InChI=1S/C20H29ClN4O/c21-17-3-5-18(6-4-17)22-20(26)24-12-10-23(11-13-24)14-16-2-1-9-25(15-16)19-7-8-19/h3-6,16,19H,1-2,7-15H2,(H,22,26). The topological polar surface area (TPSA) is 38.8 Å². The van der Waals surface area contributed by atoms with E-state index in [0.29, 0.717) is 5.02 Å². The molecule has 0 aromatic heterocycles. The second kappa shape index (κ2) is 8.15. The second-order valence-electron chi connectivity index (χ2n) is 7.96. The predicted octanol–water partition coefficient (Wildman–Crippen LogP) is 3.36. The third-order valence-corrected chi connectivity index (χ3v) is 6.14. The molecule has 0 spiro atoms. The first-order valence-corrected chi connectivity index (χ1v) is 10.3. The number of nitrogens with zero attached hydrogens (tertiary/aromatic N) is 3. The molecule has 3 aliphatic rings. The lowest BCUT2D eigenvalue weighted by Gasteiger charge is -2.39. The molecule has 1 saturated carbocycles. The van der Waals surface area contributed by atoms with Crippen LogP contribution in [0.1, 0.15) is 25.7 Å². The van der Waals surface area contributed by atoms with Gasteiger partial charge in [-0.2, -0.15) is 0 Å². The number of hydrogen-bond donors (Lipinski definition) is 1. The molecule has 2 heterocycles. The van der Waals surface area contributed by atoms with Crippen molar-refractivity contribution >= 4 is 23.3 Å². The lowest BCUT2D eigenvalue weighted by Crippen LogP contribution is -2.52. The fraction of sp³-hybridized carbons (Fsp3) is 0.650. The van der Waals surface area contributed by atoms with E-state index in [9.17, 15) is 4.79 Å². The fourth-order valence-corrected chi connectivity index (χ4v) is 4.38. The summed E-state index contributed by atoms with van der Waals surface area (Å²) in [7, 11) is 0. The highest BCUT2D eigenvalue weighted by atomic mass is 35.5. The summed E-state index contributed by atoms with van der Waals surface area (Å²) in [5.41, 5.74) is 0.796. The zero-order chi connectivity index (χ0) is 17.9. The van der Waals surface area contributed by atoms with E-state index in [1.54, 1.807) is 12.1 Å². The van der Waals surface area contributed by atoms with Crippen molar-refractivity contribution in [2.75, 3.05) is 51.1 Å². The van der Waals surface area contributed by atoms with Crippen LogP contribution in [0.25, 0.3) is 0 Å². The number of halogens is 1. The first-order valence-electron chi connectivity index (χ1n) is 9.95. The molecule has 26 heavy (non-hydrogen) atoms. The van der Waals surface area contributed by atoms with Gasteiger partial charge >= 0.3 is 6.03 Å². The van der Waals surface area contributed by atoms with Gasteiger partial charge in [0, 0.05) is 56.0 Å². The summed E-state index contributed by atoms with van der Waals surface area (Å²) in [4.78, 5) is 19.6. The van der Waals surface area contributed by atoms with Gasteiger partial charge in [0.15, 0.2) is 0 Å². The molecule has 0 radical (unpaired) electrons. The van der Waals surface area contributed by atoms with Crippen molar-refractivity contribution in [3.8, 4) is 0 Å². The summed E-state index contributed by atoms with van der Waals surface area (Å²) in [5.74, 6) is 0.804. The molecule has 1 N–H and O–H groups in total. The Hall–Kier alpha value is -1.30. The van der Waals surface area contributed by atoms with Crippen LogP contribution in [-0.4, -0.2) is 72.6 Å². The maximum atomic E-state index is 12.4. The largest absolute Gasteiger partial charge is 0.322 e. The second-order valence-corrected chi connectivity index (χ2v) is 8.40. The van der Waals surface area contributed by atoms with Crippen LogP contribution >= 0.6 is 11.6 Å². The van der Waals surface area contributed by atoms with E-state index < -0.39 is 0 Å². The van der Waals surface area contributed by atoms with Crippen LogP contribution in [0, 0.1) is 5.92 Å². The van der Waals surface area contributed by atoms with Gasteiger partial charge in [0.1, 0.15) is 0 Å². The Kier molecular flexibility index (Phi) is 5.67. The summed E-state index contributed by atoms with van der Waals surface area (Å²) in [5, 5.41) is 3.64. The highest BCUT2D eigenvalue weighted by molar-refractivity contribution is 6.30. The molecule has 1 aliphatic carbocycles. The number of piperazine rings is 1. The number of carbonyl (C=O) groups excluding carboxylic acids is 1. The Morgan fingerprint density at radius 1 is 1.04 bits per heavy atom. The highest BCUT2D eigenvalue weighted by Gasteiger charge is 2.33. The lowest BCUT2D eigenvalue weighted by molar-refractivity contribution is 0.0982. The Morgan fingerprint density at radius 3 is 2.46 bits per heavy atom. The van der Waals surface area contributed by atoms with E-state index >= 15 is 0 Å². The number of urea groups is 1. The first-order chi connectivity index (χ1) is 12.7. The molecule has 142 valence electrons. The number of amides is 2. The lowest BCUT2D eigenvalue weighted by atomic mass is 9.97. The highest BCUT2D eigenvalue weighted by Crippen LogP contribution is 2.31. The summed E-state index contributed by atoms with van der Waals surface area (Å²) in [6.07, 6.45) is 5.54. The van der Waals surface area contributed by atoms with E-state index in [-0.39, 0.29) is 6.03 Å². The smallest absolute Gasteiger partial charge is 0.321 e. The van der Waals surface area contributed by atoms with Crippen molar-refractivity contribution in [1.29, 1.82) is 0 Å². The summed E-state index contributed by atoms with van der Waals surface area (Å²) < 4.78 is 0. The first kappa shape index (κ1) is 18.1. The van der Waals surface area contributed by atoms with Gasteiger partial charge in [0.2, 0.25) is 0 Å². The minimum absolute atomic E-state index is 0.00968. The van der Waals surface area contributed by atoms with Crippen LogP contribution in [0.3, 0.4) is 0 Å². The Morgan fingerprint density at radius 2 is 1.77 bits per heavy atom. The summed E-state index contributed by atoms with van der Waals surface area (Å²) in [6, 6.07) is 8.15. The third-order valence-electron chi connectivity index (χ3n) is 5.89. The molecule has 2 saturated heterocycles. The maximum absolute atomic E-state index is 12.4. The molecular weight excluding hydrogens is 348 g/mol. The number of likely N-dealkylation sites (tertiary alicyclic amines) is 1. The molecule has 1 aromatic rings. The molecular formula is C20H29ClN4O. The molecule has 3 fully saturated rings. The number of benzene rings is 1. The molecule has 4 rings (SSSR count). The number of nitrogens with one attached hydrogen (secondary N) is 1. The summed E-state index contributed by atoms with van der Waals surface area (Å²) >= 11 is 5.89. The monoisotopic (exact) mass is 376 g/mol. The van der Waals surface area contributed by atoms with Gasteiger partial charge in [-0.1, -0.05) is 11.6 Å². The van der Waals surface area contributed by atoms with E-state index in [1.165, 1.54) is 45.3 Å². The quantitative estimate of drug-likeness (QED) is 0.875. The van der Waals surface area contributed by atoms with Crippen LogP contribution in [0.4, 0.5) is 10.5 Å². The molecule has 0 bridgehead atoms. The molecule has 2 aliphatic heterocycles. The van der Waals surface area contributed by atoms with Crippen LogP contribution in [0.15, 0.2) is 24.3 Å². The van der Waals surface area contributed by atoms with Crippen molar-refractivity contribution in [2.24, 2.45) is 5.92 Å². The number of rotatable bonds is 4. The third kappa shape index (κ3) is 4.70.